The maximum Gasteiger partial charge on any atom is 0.158 e. The highest BCUT2D eigenvalue weighted by atomic mass is 79.9. The monoisotopic (exact) mass is 322 g/mol. The maximum atomic E-state index is 4.57. The van der Waals surface area contributed by atoms with Crippen molar-refractivity contribution in [1.82, 2.24) is 19.7 Å². The van der Waals surface area contributed by atoms with E-state index in [1.165, 1.54) is 0 Å². The SMILES string of the molecule is Cc1csc(Cn2ncc3cc(Br)c(C)nc32)n1. The van der Waals surface area contributed by atoms with Crippen LogP contribution in [0.5, 0.6) is 0 Å². The first-order valence-corrected chi connectivity index (χ1v) is 7.20. The first kappa shape index (κ1) is 11.8. The standard InChI is InChI=1S/C12H11BrN4S/c1-7-6-18-11(15-7)5-17-12-9(4-14-17)3-10(13)8(2)16-12/h3-4,6H,5H2,1-2H3. The molecule has 0 radical (unpaired) electrons. The third-order valence-corrected chi connectivity index (χ3v) is 4.45. The summed E-state index contributed by atoms with van der Waals surface area (Å²) in [6.45, 7) is 4.66. The van der Waals surface area contributed by atoms with Crippen LogP contribution in [-0.2, 0) is 6.54 Å². The van der Waals surface area contributed by atoms with Crippen molar-refractivity contribution in [2.24, 2.45) is 0 Å². The fourth-order valence-electron chi connectivity index (χ4n) is 1.79. The molecule has 0 aromatic carbocycles. The van der Waals surface area contributed by atoms with Crippen LogP contribution in [0.25, 0.3) is 11.0 Å². The molecule has 6 heteroatoms. The van der Waals surface area contributed by atoms with Gasteiger partial charge < -0.3 is 0 Å². The third-order valence-electron chi connectivity index (χ3n) is 2.69. The Labute approximate surface area is 117 Å². The van der Waals surface area contributed by atoms with Crippen molar-refractivity contribution in [3.05, 3.63) is 38.5 Å². The second-order valence-corrected chi connectivity index (χ2v) is 5.95. The highest BCUT2D eigenvalue weighted by Gasteiger charge is 2.09. The summed E-state index contributed by atoms with van der Waals surface area (Å²) >= 11 is 5.14. The van der Waals surface area contributed by atoms with Gasteiger partial charge in [0.1, 0.15) is 5.01 Å². The number of pyridine rings is 1. The quantitative estimate of drug-likeness (QED) is 0.727. The fraction of sp³-hybridized carbons (Fsp3) is 0.250. The van der Waals surface area contributed by atoms with E-state index in [9.17, 15) is 0 Å². The lowest BCUT2D eigenvalue weighted by Gasteiger charge is -2.02. The summed E-state index contributed by atoms with van der Waals surface area (Å²) in [6, 6.07) is 2.05. The molecule has 0 N–H and O–H groups in total. The molecule has 0 spiro atoms. The number of thiazole rings is 1. The van der Waals surface area contributed by atoms with Gasteiger partial charge in [0, 0.05) is 20.9 Å². The Hall–Kier alpha value is -1.27. The molecule has 0 bridgehead atoms. The van der Waals surface area contributed by atoms with Gasteiger partial charge in [-0.1, -0.05) is 0 Å². The second-order valence-electron chi connectivity index (χ2n) is 4.15. The third kappa shape index (κ3) is 2.06. The van der Waals surface area contributed by atoms with Crippen molar-refractivity contribution >= 4 is 38.3 Å². The van der Waals surface area contributed by atoms with Crippen LogP contribution in [0.1, 0.15) is 16.4 Å². The second kappa shape index (κ2) is 4.44. The molecule has 0 atom stereocenters. The molecule has 0 amide bonds. The number of aromatic nitrogens is 4. The van der Waals surface area contributed by atoms with Crippen molar-refractivity contribution in [2.75, 3.05) is 0 Å². The summed E-state index contributed by atoms with van der Waals surface area (Å²) in [4.78, 5) is 9.02. The highest BCUT2D eigenvalue weighted by Crippen LogP contribution is 2.21. The first-order chi connectivity index (χ1) is 8.63. The Balaban J connectivity index is 2.04. The van der Waals surface area contributed by atoms with Crippen LogP contribution in [0.3, 0.4) is 0 Å². The van der Waals surface area contributed by atoms with Gasteiger partial charge >= 0.3 is 0 Å². The maximum absolute atomic E-state index is 4.57. The number of fused-ring (bicyclic) bond motifs is 1. The summed E-state index contributed by atoms with van der Waals surface area (Å²) in [5.41, 5.74) is 2.93. The summed E-state index contributed by atoms with van der Waals surface area (Å²) in [6.07, 6.45) is 1.84. The van der Waals surface area contributed by atoms with Gasteiger partial charge in [-0.15, -0.1) is 11.3 Å². The highest BCUT2D eigenvalue weighted by molar-refractivity contribution is 9.10. The van der Waals surface area contributed by atoms with Crippen molar-refractivity contribution < 1.29 is 0 Å². The van der Waals surface area contributed by atoms with Crippen LogP contribution >= 0.6 is 27.3 Å². The van der Waals surface area contributed by atoms with Crippen LogP contribution in [0, 0.1) is 13.8 Å². The van der Waals surface area contributed by atoms with Crippen molar-refractivity contribution in [3.8, 4) is 0 Å². The normalized spacial score (nSPS) is 11.3. The molecule has 0 unspecified atom stereocenters. The Bertz CT molecular complexity index is 716. The minimum absolute atomic E-state index is 0.677. The first-order valence-electron chi connectivity index (χ1n) is 5.53. The zero-order valence-electron chi connectivity index (χ0n) is 10.0. The molecule has 92 valence electrons. The average Bonchev–Trinajstić information content (AvgIpc) is 2.89. The minimum Gasteiger partial charge on any atom is -0.245 e. The smallest absolute Gasteiger partial charge is 0.158 e. The van der Waals surface area contributed by atoms with Gasteiger partial charge in [-0.25, -0.2) is 14.6 Å². The molecule has 4 nitrogen and oxygen atoms in total. The molecule has 0 aliphatic carbocycles. The Kier molecular flexibility index (Phi) is 2.91. The van der Waals surface area contributed by atoms with Gasteiger partial charge in [0.25, 0.3) is 0 Å². The molecule has 3 heterocycles. The van der Waals surface area contributed by atoms with Crippen LogP contribution in [0.15, 0.2) is 22.1 Å². The molecular weight excluding hydrogens is 312 g/mol. The molecule has 3 aromatic heterocycles. The largest absolute Gasteiger partial charge is 0.245 e. The molecule has 3 rings (SSSR count). The Morgan fingerprint density at radius 2 is 2.17 bits per heavy atom. The van der Waals surface area contributed by atoms with Crippen LogP contribution < -0.4 is 0 Å². The van der Waals surface area contributed by atoms with E-state index >= 15 is 0 Å². The number of nitrogens with zero attached hydrogens (tertiary/aromatic N) is 4. The van der Waals surface area contributed by atoms with E-state index in [1.807, 2.05) is 30.8 Å². The van der Waals surface area contributed by atoms with Crippen LogP contribution in [-0.4, -0.2) is 19.7 Å². The van der Waals surface area contributed by atoms with Crippen molar-refractivity contribution in [2.45, 2.75) is 20.4 Å². The van der Waals surface area contributed by atoms with Crippen molar-refractivity contribution in [1.29, 1.82) is 0 Å². The summed E-state index contributed by atoms with van der Waals surface area (Å²) < 4.78 is 2.91. The molecule has 3 aromatic rings. The fourth-order valence-corrected chi connectivity index (χ4v) is 2.88. The molecule has 0 aliphatic heterocycles. The lowest BCUT2D eigenvalue weighted by atomic mass is 10.3. The molecule has 0 aliphatic rings. The van der Waals surface area contributed by atoms with Gasteiger partial charge in [0.05, 0.1) is 18.4 Å². The van der Waals surface area contributed by atoms with E-state index in [2.05, 4.69) is 36.4 Å². The summed E-state index contributed by atoms with van der Waals surface area (Å²) in [5.74, 6) is 0. The van der Waals surface area contributed by atoms with Gasteiger partial charge in [-0.05, 0) is 35.8 Å². The Morgan fingerprint density at radius 1 is 1.33 bits per heavy atom. The topological polar surface area (TPSA) is 43.6 Å². The van der Waals surface area contributed by atoms with E-state index in [1.54, 1.807) is 11.3 Å². The van der Waals surface area contributed by atoms with E-state index in [-0.39, 0.29) is 0 Å². The lowest BCUT2D eigenvalue weighted by Crippen LogP contribution is -2.02. The van der Waals surface area contributed by atoms with Crippen LogP contribution in [0.4, 0.5) is 0 Å². The zero-order valence-corrected chi connectivity index (χ0v) is 12.4. The van der Waals surface area contributed by atoms with Gasteiger partial charge in [0.2, 0.25) is 0 Å². The Morgan fingerprint density at radius 3 is 2.89 bits per heavy atom. The summed E-state index contributed by atoms with van der Waals surface area (Å²) in [7, 11) is 0. The molecular formula is C12H11BrN4S. The number of hydrogen-bond acceptors (Lipinski definition) is 4. The molecule has 0 saturated carbocycles. The van der Waals surface area contributed by atoms with Gasteiger partial charge in [0.15, 0.2) is 5.65 Å². The van der Waals surface area contributed by atoms with E-state index in [4.69, 9.17) is 0 Å². The predicted octanol–water partition coefficient (Wildman–Crippen LogP) is 3.32. The predicted molar refractivity (Wildman–Crippen MR) is 75.9 cm³/mol. The van der Waals surface area contributed by atoms with Crippen molar-refractivity contribution in [3.63, 3.8) is 0 Å². The van der Waals surface area contributed by atoms with Crippen LogP contribution in [0.2, 0.25) is 0 Å². The van der Waals surface area contributed by atoms with Gasteiger partial charge in [-0.2, -0.15) is 5.10 Å². The number of halogens is 1. The number of aryl methyl sites for hydroxylation is 2. The molecule has 0 fully saturated rings. The summed E-state index contributed by atoms with van der Waals surface area (Å²) in [5, 5.41) is 8.53. The molecule has 0 saturated heterocycles. The number of hydrogen-bond donors (Lipinski definition) is 0. The van der Waals surface area contributed by atoms with E-state index in [0.29, 0.717) is 6.54 Å². The minimum atomic E-state index is 0.677. The lowest BCUT2D eigenvalue weighted by molar-refractivity contribution is 0.698. The van der Waals surface area contributed by atoms with E-state index < -0.39 is 0 Å². The zero-order chi connectivity index (χ0) is 12.7. The molecule has 18 heavy (non-hydrogen) atoms. The van der Waals surface area contributed by atoms with Gasteiger partial charge in [-0.3, -0.25) is 0 Å². The number of rotatable bonds is 2. The van der Waals surface area contributed by atoms with E-state index in [0.717, 1.165) is 31.9 Å². The average molecular weight is 323 g/mol.